The molecule has 0 aromatic heterocycles. The van der Waals surface area contributed by atoms with Crippen LogP contribution in [0.5, 0.6) is 0 Å². The van der Waals surface area contributed by atoms with E-state index in [4.69, 9.17) is 0 Å². The molecule has 1 unspecified atom stereocenters. The van der Waals surface area contributed by atoms with E-state index in [2.05, 4.69) is 72.9 Å². The van der Waals surface area contributed by atoms with E-state index in [1.54, 1.807) is 0 Å². The summed E-state index contributed by atoms with van der Waals surface area (Å²) in [7, 11) is 0. The predicted molar refractivity (Wildman–Crippen MR) is 87.1 cm³/mol. The van der Waals surface area contributed by atoms with Crippen molar-refractivity contribution in [3.8, 4) is 0 Å². The summed E-state index contributed by atoms with van der Waals surface area (Å²) in [5, 5.41) is 3.54. The molecule has 0 fully saturated rings. The second-order valence-corrected chi connectivity index (χ2v) is 5.44. The van der Waals surface area contributed by atoms with Crippen LogP contribution in [0.2, 0.25) is 0 Å². The number of benzene rings is 2. The summed E-state index contributed by atoms with van der Waals surface area (Å²) in [6.45, 7) is 4.51. The van der Waals surface area contributed by atoms with Crippen molar-refractivity contribution in [2.75, 3.05) is 13.1 Å². The van der Waals surface area contributed by atoms with Crippen LogP contribution in [0.4, 0.5) is 0 Å². The Morgan fingerprint density at radius 1 is 0.850 bits per heavy atom. The van der Waals surface area contributed by atoms with E-state index in [1.165, 1.54) is 24.0 Å². The van der Waals surface area contributed by atoms with E-state index in [0.717, 1.165) is 19.5 Å². The van der Waals surface area contributed by atoms with Gasteiger partial charge in [0, 0.05) is 0 Å². The Kier molecular flexibility index (Phi) is 6.33. The number of hydrogen-bond donors (Lipinski definition) is 1. The van der Waals surface area contributed by atoms with Crippen LogP contribution in [-0.4, -0.2) is 13.1 Å². The monoisotopic (exact) mass is 267 g/mol. The summed E-state index contributed by atoms with van der Waals surface area (Å²) in [5.41, 5.74) is 2.87. The lowest BCUT2D eigenvalue weighted by molar-refractivity contribution is 0.580. The normalized spacial score (nSPS) is 12.2. The highest BCUT2D eigenvalue weighted by atomic mass is 14.8. The Balaban J connectivity index is 1.56. The molecule has 0 bridgehead atoms. The molecular formula is C19H25N. The van der Waals surface area contributed by atoms with Gasteiger partial charge in [-0.1, -0.05) is 67.6 Å². The minimum atomic E-state index is 0.659. The third-order valence-corrected chi connectivity index (χ3v) is 3.79. The summed E-state index contributed by atoms with van der Waals surface area (Å²) in [6, 6.07) is 21.5. The zero-order valence-corrected chi connectivity index (χ0v) is 12.4. The number of nitrogens with one attached hydrogen (secondary N) is 1. The van der Waals surface area contributed by atoms with Gasteiger partial charge in [-0.25, -0.2) is 0 Å². The first-order valence-electron chi connectivity index (χ1n) is 7.66. The van der Waals surface area contributed by atoms with Gasteiger partial charge in [0.1, 0.15) is 0 Å². The fourth-order valence-electron chi connectivity index (χ4n) is 2.48. The van der Waals surface area contributed by atoms with Crippen LogP contribution in [0.15, 0.2) is 60.7 Å². The molecule has 0 spiro atoms. The topological polar surface area (TPSA) is 12.0 Å². The maximum absolute atomic E-state index is 3.54. The van der Waals surface area contributed by atoms with E-state index in [-0.39, 0.29) is 0 Å². The average Bonchev–Trinajstić information content (AvgIpc) is 2.52. The Morgan fingerprint density at radius 2 is 1.50 bits per heavy atom. The maximum atomic E-state index is 3.54. The molecule has 2 aromatic carbocycles. The Labute approximate surface area is 123 Å². The molecule has 0 aliphatic carbocycles. The van der Waals surface area contributed by atoms with Gasteiger partial charge in [-0.3, -0.25) is 0 Å². The van der Waals surface area contributed by atoms with Crippen molar-refractivity contribution in [3.63, 3.8) is 0 Å². The molecule has 0 heterocycles. The SMILES string of the molecule is CC(CCCNCCc1ccccc1)c1ccccc1. The minimum absolute atomic E-state index is 0.659. The van der Waals surface area contributed by atoms with E-state index < -0.39 is 0 Å². The summed E-state index contributed by atoms with van der Waals surface area (Å²) in [5.74, 6) is 0.659. The Hall–Kier alpha value is -1.60. The molecule has 0 aliphatic rings. The number of rotatable bonds is 8. The predicted octanol–water partition coefficient (Wildman–Crippen LogP) is 4.40. The van der Waals surface area contributed by atoms with E-state index in [0.29, 0.717) is 5.92 Å². The molecule has 0 radical (unpaired) electrons. The minimum Gasteiger partial charge on any atom is -0.316 e. The standard InChI is InChI=1S/C19H25N/c1-17(19-12-6-3-7-13-19)9-8-15-20-16-14-18-10-4-2-5-11-18/h2-7,10-13,17,20H,8-9,14-16H2,1H3. The van der Waals surface area contributed by atoms with Gasteiger partial charge in [0.15, 0.2) is 0 Å². The molecular weight excluding hydrogens is 242 g/mol. The smallest absolute Gasteiger partial charge is 0.000835 e. The van der Waals surface area contributed by atoms with Gasteiger partial charge < -0.3 is 5.32 Å². The van der Waals surface area contributed by atoms with Gasteiger partial charge in [-0.2, -0.15) is 0 Å². The molecule has 1 heteroatoms. The van der Waals surface area contributed by atoms with Crippen LogP contribution in [-0.2, 0) is 6.42 Å². The van der Waals surface area contributed by atoms with Crippen molar-refractivity contribution in [2.24, 2.45) is 0 Å². The fraction of sp³-hybridized carbons (Fsp3) is 0.368. The molecule has 2 aromatic rings. The lowest BCUT2D eigenvalue weighted by Crippen LogP contribution is -2.18. The first kappa shape index (κ1) is 14.8. The molecule has 1 N–H and O–H groups in total. The number of hydrogen-bond acceptors (Lipinski definition) is 1. The molecule has 2 rings (SSSR count). The highest BCUT2D eigenvalue weighted by Gasteiger charge is 2.03. The Morgan fingerprint density at radius 3 is 2.20 bits per heavy atom. The van der Waals surface area contributed by atoms with Crippen molar-refractivity contribution in [1.29, 1.82) is 0 Å². The highest BCUT2D eigenvalue weighted by Crippen LogP contribution is 2.19. The summed E-state index contributed by atoms with van der Waals surface area (Å²) in [4.78, 5) is 0. The van der Waals surface area contributed by atoms with Crippen molar-refractivity contribution >= 4 is 0 Å². The zero-order chi connectivity index (χ0) is 14.0. The van der Waals surface area contributed by atoms with Crippen molar-refractivity contribution < 1.29 is 0 Å². The molecule has 20 heavy (non-hydrogen) atoms. The Bertz CT molecular complexity index is 464. The van der Waals surface area contributed by atoms with E-state index in [1.807, 2.05) is 0 Å². The lowest BCUT2D eigenvalue weighted by Gasteiger charge is -2.12. The molecule has 0 saturated carbocycles. The van der Waals surface area contributed by atoms with E-state index in [9.17, 15) is 0 Å². The largest absolute Gasteiger partial charge is 0.316 e. The van der Waals surface area contributed by atoms with Crippen LogP contribution < -0.4 is 5.32 Å². The molecule has 0 amide bonds. The second-order valence-electron chi connectivity index (χ2n) is 5.44. The van der Waals surface area contributed by atoms with Crippen LogP contribution in [0.25, 0.3) is 0 Å². The molecule has 1 nitrogen and oxygen atoms in total. The summed E-state index contributed by atoms with van der Waals surface area (Å²) >= 11 is 0. The summed E-state index contributed by atoms with van der Waals surface area (Å²) < 4.78 is 0. The van der Waals surface area contributed by atoms with Gasteiger partial charge in [0.25, 0.3) is 0 Å². The van der Waals surface area contributed by atoms with Gasteiger partial charge in [0.05, 0.1) is 0 Å². The molecule has 0 aliphatic heterocycles. The fourth-order valence-corrected chi connectivity index (χ4v) is 2.48. The van der Waals surface area contributed by atoms with E-state index >= 15 is 0 Å². The van der Waals surface area contributed by atoms with Crippen molar-refractivity contribution in [3.05, 3.63) is 71.8 Å². The summed E-state index contributed by atoms with van der Waals surface area (Å²) in [6.07, 6.45) is 3.61. The van der Waals surface area contributed by atoms with Gasteiger partial charge in [0.2, 0.25) is 0 Å². The molecule has 106 valence electrons. The van der Waals surface area contributed by atoms with Crippen LogP contribution in [0, 0.1) is 0 Å². The first-order chi connectivity index (χ1) is 9.86. The third-order valence-electron chi connectivity index (χ3n) is 3.79. The van der Waals surface area contributed by atoms with Crippen LogP contribution in [0.3, 0.4) is 0 Å². The second kappa shape index (κ2) is 8.55. The van der Waals surface area contributed by atoms with Gasteiger partial charge in [-0.05, 0) is 49.4 Å². The van der Waals surface area contributed by atoms with Crippen LogP contribution >= 0.6 is 0 Å². The average molecular weight is 267 g/mol. The quantitative estimate of drug-likeness (QED) is 0.699. The van der Waals surface area contributed by atoms with Crippen molar-refractivity contribution in [2.45, 2.75) is 32.1 Å². The highest BCUT2D eigenvalue weighted by molar-refractivity contribution is 5.18. The van der Waals surface area contributed by atoms with Gasteiger partial charge >= 0.3 is 0 Å². The lowest BCUT2D eigenvalue weighted by atomic mass is 9.96. The first-order valence-corrected chi connectivity index (χ1v) is 7.66. The van der Waals surface area contributed by atoms with Gasteiger partial charge in [-0.15, -0.1) is 0 Å². The van der Waals surface area contributed by atoms with Crippen LogP contribution in [0.1, 0.15) is 36.8 Å². The van der Waals surface area contributed by atoms with Crippen molar-refractivity contribution in [1.82, 2.24) is 5.32 Å². The maximum Gasteiger partial charge on any atom is -0.000835 e. The molecule has 0 saturated heterocycles. The zero-order valence-electron chi connectivity index (χ0n) is 12.4. The molecule has 1 atom stereocenters. The third kappa shape index (κ3) is 5.18.